The first-order chi connectivity index (χ1) is 11.1. The number of carboxylic acids is 1. The number of rotatable bonds is 0. The number of carbonyl (C=O) groups excluding carboxylic acids is 1. The van der Waals surface area contributed by atoms with E-state index in [4.69, 9.17) is 20.0 Å². The van der Waals surface area contributed by atoms with Gasteiger partial charge < -0.3 is 9.84 Å². The summed E-state index contributed by atoms with van der Waals surface area (Å²) < 4.78 is 5.60. The number of Topliss-reactive ketones (excluding diaryl/α,β-unsaturated/α-hetero) is 1. The lowest BCUT2D eigenvalue weighted by Gasteiger charge is -2.22. The van der Waals surface area contributed by atoms with E-state index in [1.807, 2.05) is 12.1 Å². The lowest BCUT2D eigenvalue weighted by Crippen LogP contribution is -2.27. The molecule has 0 spiro atoms. The second-order valence-electron chi connectivity index (χ2n) is 6.74. The van der Waals surface area contributed by atoms with Crippen LogP contribution in [0.25, 0.3) is 10.8 Å². The first-order valence-corrected chi connectivity index (χ1v) is 7.63. The van der Waals surface area contributed by atoms with Crippen LogP contribution in [0.5, 0.6) is 5.75 Å². The molecule has 0 aromatic heterocycles. The Morgan fingerprint density at radius 1 is 1.21 bits per heavy atom. The standard InChI is InChI=1S/C17H17NO2.C2H4O2/c1-17(2,3)11-5-7-12-10(8-11)4-6-13-15(19)14(18)9-20-16(12)13;1-2(3)4/h4-8,18H,9H2,1-3H3;1H3,(H,3,4). The van der Waals surface area contributed by atoms with Gasteiger partial charge in [-0.1, -0.05) is 45.0 Å². The fourth-order valence-electron chi connectivity index (χ4n) is 2.47. The van der Waals surface area contributed by atoms with E-state index in [1.165, 1.54) is 5.56 Å². The molecule has 2 aromatic carbocycles. The largest absolute Gasteiger partial charge is 0.486 e. The Bertz CT molecular complexity index is 827. The zero-order valence-corrected chi connectivity index (χ0v) is 14.3. The van der Waals surface area contributed by atoms with Gasteiger partial charge >= 0.3 is 0 Å². The molecule has 0 saturated carbocycles. The monoisotopic (exact) mass is 327 g/mol. The van der Waals surface area contributed by atoms with Gasteiger partial charge in [-0.15, -0.1) is 0 Å². The van der Waals surface area contributed by atoms with Gasteiger partial charge in [-0.3, -0.25) is 15.0 Å². The predicted octanol–water partition coefficient (Wildman–Crippen LogP) is 3.82. The zero-order chi connectivity index (χ0) is 18.1. The fraction of sp³-hybridized carbons (Fsp3) is 0.316. The maximum absolute atomic E-state index is 12.0. The molecule has 1 heterocycles. The summed E-state index contributed by atoms with van der Waals surface area (Å²) in [6, 6.07) is 9.93. The minimum Gasteiger partial charge on any atom is -0.486 e. The van der Waals surface area contributed by atoms with Crippen LogP contribution in [0.4, 0.5) is 0 Å². The maximum atomic E-state index is 12.0. The number of ketones is 1. The highest BCUT2D eigenvalue weighted by Gasteiger charge is 2.25. The van der Waals surface area contributed by atoms with Crippen LogP contribution in [0.3, 0.4) is 0 Å². The Balaban J connectivity index is 0.000000471. The third-order valence-electron chi connectivity index (χ3n) is 3.72. The number of hydrogen-bond acceptors (Lipinski definition) is 4. The van der Waals surface area contributed by atoms with Gasteiger partial charge in [0, 0.05) is 12.3 Å². The Morgan fingerprint density at radius 2 is 1.83 bits per heavy atom. The molecule has 0 radical (unpaired) electrons. The summed E-state index contributed by atoms with van der Waals surface area (Å²) in [6.45, 7) is 7.67. The lowest BCUT2D eigenvalue weighted by molar-refractivity contribution is -0.134. The summed E-state index contributed by atoms with van der Waals surface area (Å²) in [5.41, 5.74) is 1.85. The Labute approximate surface area is 140 Å². The Morgan fingerprint density at radius 3 is 2.42 bits per heavy atom. The van der Waals surface area contributed by atoms with Crippen LogP contribution in [0.2, 0.25) is 0 Å². The molecule has 2 aromatic rings. The molecular formula is C19H21NO4. The van der Waals surface area contributed by atoms with Crippen LogP contribution in [0.15, 0.2) is 30.3 Å². The number of carboxylic acid groups (broad SMARTS) is 1. The molecule has 0 saturated heterocycles. The molecular weight excluding hydrogens is 306 g/mol. The Kier molecular flexibility index (Phi) is 4.73. The van der Waals surface area contributed by atoms with Gasteiger partial charge in [0.15, 0.2) is 0 Å². The molecule has 126 valence electrons. The average molecular weight is 327 g/mol. The molecule has 24 heavy (non-hydrogen) atoms. The van der Waals surface area contributed by atoms with Gasteiger partial charge in [0.2, 0.25) is 5.78 Å². The van der Waals surface area contributed by atoms with Crippen molar-refractivity contribution in [2.24, 2.45) is 0 Å². The SMILES string of the molecule is CC(=O)O.CC(C)(C)c1ccc2c3c(ccc2c1)C(=O)C(=N)CO3. The topological polar surface area (TPSA) is 87.5 Å². The van der Waals surface area contributed by atoms with Gasteiger partial charge in [-0.25, -0.2) is 0 Å². The highest BCUT2D eigenvalue weighted by atomic mass is 16.5. The summed E-state index contributed by atoms with van der Waals surface area (Å²) in [4.78, 5) is 21.0. The second kappa shape index (κ2) is 6.43. The van der Waals surface area contributed by atoms with Crippen molar-refractivity contribution in [1.29, 1.82) is 5.41 Å². The van der Waals surface area contributed by atoms with Crippen molar-refractivity contribution in [2.75, 3.05) is 6.61 Å². The quantitative estimate of drug-likeness (QED) is 0.770. The van der Waals surface area contributed by atoms with Gasteiger partial charge in [0.25, 0.3) is 5.97 Å². The van der Waals surface area contributed by atoms with Crippen molar-refractivity contribution in [3.63, 3.8) is 0 Å². The van der Waals surface area contributed by atoms with E-state index in [0.29, 0.717) is 11.3 Å². The summed E-state index contributed by atoms with van der Waals surface area (Å²) in [7, 11) is 0. The van der Waals surface area contributed by atoms with E-state index in [0.717, 1.165) is 17.7 Å². The van der Waals surface area contributed by atoms with E-state index in [1.54, 1.807) is 6.07 Å². The summed E-state index contributed by atoms with van der Waals surface area (Å²) >= 11 is 0. The minimum atomic E-state index is -0.833. The number of hydrogen-bond donors (Lipinski definition) is 2. The van der Waals surface area contributed by atoms with E-state index in [-0.39, 0.29) is 23.5 Å². The van der Waals surface area contributed by atoms with E-state index >= 15 is 0 Å². The van der Waals surface area contributed by atoms with E-state index in [2.05, 4.69) is 32.9 Å². The second-order valence-corrected chi connectivity index (χ2v) is 6.74. The summed E-state index contributed by atoms with van der Waals surface area (Å²) in [5.74, 6) is -0.447. The third-order valence-corrected chi connectivity index (χ3v) is 3.72. The van der Waals surface area contributed by atoms with Crippen LogP contribution in [-0.4, -0.2) is 29.2 Å². The number of nitrogens with one attached hydrogen (secondary N) is 1. The number of aliphatic carboxylic acids is 1. The van der Waals surface area contributed by atoms with Gasteiger partial charge in [0.1, 0.15) is 18.1 Å². The minimum absolute atomic E-state index is 0.0168. The highest BCUT2D eigenvalue weighted by Crippen LogP contribution is 2.35. The van der Waals surface area contributed by atoms with Crippen molar-refractivity contribution in [2.45, 2.75) is 33.1 Å². The van der Waals surface area contributed by atoms with Crippen LogP contribution < -0.4 is 4.74 Å². The molecule has 3 rings (SSSR count). The molecule has 0 atom stereocenters. The Hall–Kier alpha value is -2.69. The van der Waals surface area contributed by atoms with Crippen molar-refractivity contribution in [3.8, 4) is 5.75 Å². The number of ether oxygens (including phenoxy) is 1. The summed E-state index contributed by atoms with van der Waals surface area (Å²) in [6.07, 6.45) is 0. The molecule has 0 bridgehead atoms. The first-order valence-electron chi connectivity index (χ1n) is 7.63. The van der Waals surface area contributed by atoms with Crippen LogP contribution in [0, 0.1) is 5.41 Å². The highest BCUT2D eigenvalue weighted by molar-refractivity contribution is 6.47. The molecule has 0 amide bonds. The molecule has 1 aliphatic rings. The molecule has 0 fully saturated rings. The zero-order valence-electron chi connectivity index (χ0n) is 14.3. The van der Waals surface area contributed by atoms with Crippen LogP contribution in [0.1, 0.15) is 43.6 Å². The van der Waals surface area contributed by atoms with E-state index in [9.17, 15) is 4.79 Å². The fourth-order valence-corrected chi connectivity index (χ4v) is 2.47. The smallest absolute Gasteiger partial charge is 0.300 e. The van der Waals surface area contributed by atoms with Crippen molar-refractivity contribution < 1.29 is 19.4 Å². The van der Waals surface area contributed by atoms with Crippen molar-refractivity contribution in [1.82, 2.24) is 0 Å². The van der Waals surface area contributed by atoms with Crippen LogP contribution >= 0.6 is 0 Å². The molecule has 0 aliphatic carbocycles. The van der Waals surface area contributed by atoms with Crippen molar-refractivity contribution in [3.05, 3.63) is 41.5 Å². The van der Waals surface area contributed by atoms with Gasteiger partial charge in [-0.2, -0.15) is 0 Å². The number of fused-ring (bicyclic) bond motifs is 3. The lowest BCUT2D eigenvalue weighted by atomic mass is 9.85. The molecule has 5 heteroatoms. The maximum Gasteiger partial charge on any atom is 0.300 e. The predicted molar refractivity (Wildman–Crippen MR) is 93.5 cm³/mol. The van der Waals surface area contributed by atoms with E-state index < -0.39 is 5.97 Å². The van der Waals surface area contributed by atoms with Crippen molar-refractivity contribution >= 4 is 28.2 Å². The third kappa shape index (κ3) is 3.62. The summed E-state index contributed by atoms with van der Waals surface area (Å²) in [5, 5.41) is 17.0. The average Bonchev–Trinajstić information content (AvgIpc) is 2.48. The normalized spacial score (nSPS) is 13.7. The number of carbonyl (C=O) groups is 2. The van der Waals surface area contributed by atoms with Gasteiger partial charge in [0.05, 0.1) is 5.56 Å². The van der Waals surface area contributed by atoms with Crippen LogP contribution in [-0.2, 0) is 10.2 Å². The molecule has 0 unspecified atom stereocenters. The first kappa shape index (κ1) is 17.7. The molecule has 1 aliphatic heterocycles. The number of benzene rings is 2. The molecule has 5 nitrogen and oxygen atoms in total. The van der Waals surface area contributed by atoms with Gasteiger partial charge in [-0.05, 0) is 22.4 Å². The molecule has 2 N–H and O–H groups in total.